The lowest BCUT2D eigenvalue weighted by Gasteiger charge is -2.09. The highest BCUT2D eigenvalue weighted by atomic mass is 35.5. The average Bonchev–Trinajstić information content (AvgIpc) is 3.18. The Labute approximate surface area is 158 Å². The summed E-state index contributed by atoms with van der Waals surface area (Å²) in [6, 6.07) is 2.78. The maximum absolute atomic E-state index is 14.8. The van der Waals surface area contributed by atoms with Crippen molar-refractivity contribution in [2.24, 2.45) is 12.8 Å². The Morgan fingerprint density at radius 2 is 1.93 bits per heavy atom. The highest BCUT2D eigenvalue weighted by molar-refractivity contribution is 6.32. The van der Waals surface area contributed by atoms with E-state index in [1.165, 1.54) is 40.8 Å². The van der Waals surface area contributed by atoms with Gasteiger partial charge in [-0.3, -0.25) is 9.48 Å². The van der Waals surface area contributed by atoms with Gasteiger partial charge in [0, 0.05) is 37.0 Å². The monoisotopic (exact) mass is 395 g/mol. The topological polar surface area (TPSA) is 88.0 Å². The van der Waals surface area contributed by atoms with Crippen molar-refractivity contribution in [3.05, 3.63) is 47.1 Å². The Bertz CT molecular complexity index is 1020. The van der Waals surface area contributed by atoms with E-state index in [9.17, 15) is 13.6 Å². The van der Waals surface area contributed by atoms with Crippen LogP contribution in [0.25, 0.3) is 22.4 Å². The van der Waals surface area contributed by atoms with Gasteiger partial charge in [0.1, 0.15) is 0 Å². The van der Waals surface area contributed by atoms with Gasteiger partial charge in [0.25, 0.3) is 5.91 Å². The number of carbonyl (C=O) groups is 1. The fraction of sp³-hybridized carbons (Fsp3) is 0.235. The predicted molar refractivity (Wildman–Crippen MR) is 95.2 cm³/mol. The average molecular weight is 396 g/mol. The zero-order valence-corrected chi connectivity index (χ0v) is 15.3. The Morgan fingerprint density at radius 1 is 1.26 bits per heavy atom. The molecule has 0 aliphatic heterocycles. The maximum Gasteiger partial charge on any atom is 0.284 e. The molecule has 0 spiro atoms. The van der Waals surface area contributed by atoms with Crippen molar-refractivity contribution >= 4 is 17.5 Å². The van der Waals surface area contributed by atoms with E-state index in [-0.39, 0.29) is 33.4 Å². The second-order valence-electron chi connectivity index (χ2n) is 5.77. The minimum Gasteiger partial charge on any atom is -0.383 e. The van der Waals surface area contributed by atoms with E-state index in [1.54, 1.807) is 7.11 Å². The molecule has 142 valence electrons. The second kappa shape index (κ2) is 7.45. The van der Waals surface area contributed by atoms with Crippen molar-refractivity contribution in [3.8, 4) is 22.4 Å². The largest absolute Gasteiger partial charge is 0.383 e. The van der Waals surface area contributed by atoms with Gasteiger partial charge in [-0.15, -0.1) is 0 Å². The van der Waals surface area contributed by atoms with E-state index in [0.29, 0.717) is 13.2 Å². The van der Waals surface area contributed by atoms with Gasteiger partial charge >= 0.3 is 0 Å². The summed E-state index contributed by atoms with van der Waals surface area (Å²) in [7, 11) is 3.03. The van der Waals surface area contributed by atoms with Crippen LogP contribution in [0.3, 0.4) is 0 Å². The van der Waals surface area contributed by atoms with Gasteiger partial charge in [0.15, 0.2) is 22.6 Å². The molecule has 27 heavy (non-hydrogen) atoms. The van der Waals surface area contributed by atoms with Crippen molar-refractivity contribution in [3.63, 3.8) is 0 Å². The van der Waals surface area contributed by atoms with Gasteiger partial charge in [-0.2, -0.15) is 5.10 Å². The quantitative estimate of drug-likeness (QED) is 0.695. The van der Waals surface area contributed by atoms with Crippen LogP contribution in [0.4, 0.5) is 8.78 Å². The first kappa shape index (κ1) is 19.0. The molecule has 1 amide bonds. The predicted octanol–water partition coefficient (Wildman–Crippen LogP) is 2.63. The summed E-state index contributed by atoms with van der Waals surface area (Å²) < 4.78 is 37.3. The van der Waals surface area contributed by atoms with Crippen molar-refractivity contribution in [1.82, 2.24) is 19.3 Å². The molecule has 0 saturated heterocycles. The third kappa shape index (κ3) is 3.43. The van der Waals surface area contributed by atoms with Crippen molar-refractivity contribution in [2.45, 2.75) is 6.54 Å². The van der Waals surface area contributed by atoms with Crippen LogP contribution in [0.1, 0.15) is 10.6 Å². The Balaban J connectivity index is 2.04. The van der Waals surface area contributed by atoms with Gasteiger partial charge in [0.2, 0.25) is 0 Å². The number of ether oxygens (including phenoxy) is 1. The summed E-state index contributed by atoms with van der Waals surface area (Å²) >= 11 is 6.08. The highest BCUT2D eigenvalue weighted by Crippen LogP contribution is 2.34. The molecule has 0 aliphatic carbocycles. The minimum absolute atomic E-state index is 0.0257. The van der Waals surface area contributed by atoms with Gasteiger partial charge < -0.3 is 15.0 Å². The zero-order chi connectivity index (χ0) is 19.7. The molecule has 0 aliphatic rings. The number of methoxy groups -OCH3 is 1. The first-order valence-corrected chi connectivity index (χ1v) is 8.25. The lowest BCUT2D eigenvalue weighted by Crippen LogP contribution is -2.17. The second-order valence-corrected chi connectivity index (χ2v) is 6.13. The van der Waals surface area contributed by atoms with E-state index < -0.39 is 17.5 Å². The number of benzene rings is 1. The van der Waals surface area contributed by atoms with Crippen LogP contribution in [0.15, 0.2) is 24.5 Å². The molecule has 7 nitrogen and oxygen atoms in total. The van der Waals surface area contributed by atoms with Crippen LogP contribution in [0, 0.1) is 11.6 Å². The number of halogens is 3. The molecule has 0 unspecified atom stereocenters. The van der Waals surface area contributed by atoms with Gasteiger partial charge in [0.05, 0.1) is 25.0 Å². The summed E-state index contributed by atoms with van der Waals surface area (Å²) in [6.45, 7) is 0.819. The number of primary amides is 1. The maximum atomic E-state index is 14.8. The van der Waals surface area contributed by atoms with Gasteiger partial charge in [-0.05, 0) is 6.07 Å². The van der Waals surface area contributed by atoms with Crippen molar-refractivity contribution in [2.75, 3.05) is 13.7 Å². The number of nitrogens with zero attached hydrogens (tertiary/aromatic N) is 4. The SMILES string of the molecule is COCCn1cc(-c2ccc(-c3cnc(C(N)=O)n3C)c(F)c2F)c(Cl)n1. The summed E-state index contributed by atoms with van der Waals surface area (Å²) in [6.07, 6.45) is 2.78. The highest BCUT2D eigenvalue weighted by Gasteiger charge is 2.22. The first-order valence-electron chi connectivity index (χ1n) is 7.87. The molecule has 0 bridgehead atoms. The summed E-state index contributed by atoms with van der Waals surface area (Å²) in [5.74, 6) is -3.00. The molecule has 0 radical (unpaired) electrons. The van der Waals surface area contributed by atoms with E-state index in [4.69, 9.17) is 22.1 Å². The molecule has 3 aromatic rings. The summed E-state index contributed by atoms with van der Waals surface area (Å²) in [5.41, 5.74) is 5.60. The first-order chi connectivity index (χ1) is 12.8. The van der Waals surface area contributed by atoms with Crippen LogP contribution < -0.4 is 5.73 Å². The normalized spacial score (nSPS) is 11.1. The lowest BCUT2D eigenvalue weighted by atomic mass is 10.0. The minimum atomic E-state index is -1.09. The van der Waals surface area contributed by atoms with Crippen LogP contribution in [0.5, 0.6) is 0 Å². The molecule has 2 aromatic heterocycles. The molecule has 0 fully saturated rings. The van der Waals surface area contributed by atoms with Crippen LogP contribution >= 0.6 is 11.6 Å². The smallest absolute Gasteiger partial charge is 0.284 e. The molecule has 0 saturated carbocycles. The number of carbonyl (C=O) groups excluding carboxylic acids is 1. The van der Waals surface area contributed by atoms with Crippen LogP contribution in [-0.4, -0.2) is 39.0 Å². The Hall–Kier alpha value is -2.78. The summed E-state index contributed by atoms with van der Waals surface area (Å²) in [5, 5.41) is 4.11. The molecular weight excluding hydrogens is 380 g/mol. The lowest BCUT2D eigenvalue weighted by molar-refractivity contribution is 0.0987. The number of rotatable bonds is 6. The number of amides is 1. The fourth-order valence-corrected chi connectivity index (χ4v) is 2.97. The van der Waals surface area contributed by atoms with Gasteiger partial charge in [-0.1, -0.05) is 17.7 Å². The fourth-order valence-electron chi connectivity index (χ4n) is 2.72. The van der Waals surface area contributed by atoms with E-state index in [2.05, 4.69) is 10.1 Å². The number of hydrogen-bond acceptors (Lipinski definition) is 4. The Morgan fingerprint density at radius 3 is 2.56 bits per heavy atom. The summed E-state index contributed by atoms with van der Waals surface area (Å²) in [4.78, 5) is 15.2. The standard InChI is InChI=1S/C17H16ClF2N5O2/c1-24-12(7-22-17(24)16(21)26)10-4-3-9(13(19)14(10)20)11-8-25(5-6-27-2)23-15(11)18/h3-4,7-8H,5-6H2,1-2H3,(H2,21,26). The zero-order valence-electron chi connectivity index (χ0n) is 14.5. The van der Waals surface area contributed by atoms with Crippen molar-refractivity contribution in [1.29, 1.82) is 0 Å². The number of imidazole rings is 1. The number of hydrogen-bond donors (Lipinski definition) is 1. The molecule has 1 aromatic carbocycles. The van der Waals surface area contributed by atoms with E-state index >= 15 is 0 Å². The third-order valence-electron chi connectivity index (χ3n) is 4.10. The molecule has 10 heteroatoms. The number of nitrogens with two attached hydrogens (primary N) is 1. The molecular formula is C17H16ClF2N5O2. The van der Waals surface area contributed by atoms with Crippen LogP contribution in [0.2, 0.25) is 5.15 Å². The molecule has 2 N–H and O–H groups in total. The molecule has 2 heterocycles. The van der Waals surface area contributed by atoms with Gasteiger partial charge in [-0.25, -0.2) is 13.8 Å². The Kier molecular flexibility index (Phi) is 5.24. The molecule has 3 rings (SSSR count). The van der Waals surface area contributed by atoms with Crippen molar-refractivity contribution < 1.29 is 18.3 Å². The van der Waals surface area contributed by atoms with Crippen LogP contribution in [-0.2, 0) is 18.3 Å². The molecule has 0 atom stereocenters. The van der Waals surface area contributed by atoms with E-state index in [0.717, 1.165) is 0 Å². The van der Waals surface area contributed by atoms with E-state index in [1.807, 2.05) is 0 Å². The number of aromatic nitrogens is 4. The third-order valence-corrected chi connectivity index (χ3v) is 4.38.